The van der Waals surface area contributed by atoms with E-state index in [1.54, 1.807) is 18.2 Å². The van der Waals surface area contributed by atoms with Gasteiger partial charge >= 0.3 is 6.18 Å². The lowest BCUT2D eigenvalue weighted by atomic mass is 9.96. The van der Waals surface area contributed by atoms with Crippen molar-refractivity contribution in [3.05, 3.63) is 71.4 Å². The Kier molecular flexibility index (Phi) is 5.36. The summed E-state index contributed by atoms with van der Waals surface area (Å²) in [5, 5.41) is 3.97. The molecule has 152 valence electrons. The smallest absolute Gasteiger partial charge is 0.339 e. The molecule has 0 saturated carbocycles. The zero-order chi connectivity index (χ0) is 20.4. The molecule has 1 fully saturated rings. The molecule has 8 heteroatoms. The van der Waals surface area contributed by atoms with Crippen LogP contribution in [0.2, 0.25) is 0 Å². The van der Waals surface area contributed by atoms with Crippen LogP contribution in [0, 0.1) is 5.82 Å². The highest BCUT2D eigenvalue weighted by Crippen LogP contribution is 2.34. The van der Waals surface area contributed by atoms with Gasteiger partial charge < -0.3 is 4.52 Å². The Labute approximate surface area is 165 Å². The molecule has 1 unspecified atom stereocenters. The highest BCUT2D eigenvalue weighted by molar-refractivity contribution is 5.53. The molecule has 1 atom stereocenters. The van der Waals surface area contributed by atoms with Gasteiger partial charge in [-0.25, -0.2) is 4.39 Å². The number of hydrogen-bond acceptors (Lipinski definition) is 4. The number of likely N-dealkylation sites (tertiary alicyclic amines) is 1. The molecule has 29 heavy (non-hydrogen) atoms. The Balaban J connectivity index is 1.48. The molecule has 2 heterocycles. The first kappa shape index (κ1) is 19.6. The van der Waals surface area contributed by atoms with Crippen LogP contribution in [0.3, 0.4) is 0 Å². The van der Waals surface area contributed by atoms with Crippen molar-refractivity contribution in [2.24, 2.45) is 0 Å². The standard InChI is InChI=1S/C21H19F4N3O/c22-17-9-7-14(8-10-17)19-26-20(29-27-19)16-5-3-11-28(13-16)12-15-4-1-2-6-18(15)21(23,24)25/h1-2,4,6-10,16H,3,5,11-13H2. The average molecular weight is 405 g/mol. The summed E-state index contributed by atoms with van der Waals surface area (Å²) >= 11 is 0. The molecule has 2 aromatic carbocycles. The van der Waals surface area contributed by atoms with Crippen molar-refractivity contribution in [1.82, 2.24) is 15.0 Å². The third kappa shape index (κ3) is 4.48. The van der Waals surface area contributed by atoms with Gasteiger partial charge in [-0.2, -0.15) is 18.2 Å². The second-order valence-corrected chi connectivity index (χ2v) is 7.19. The lowest BCUT2D eigenvalue weighted by Crippen LogP contribution is -2.34. The maximum absolute atomic E-state index is 13.3. The zero-order valence-corrected chi connectivity index (χ0v) is 15.5. The monoisotopic (exact) mass is 405 g/mol. The van der Waals surface area contributed by atoms with Crippen molar-refractivity contribution in [2.45, 2.75) is 31.5 Å². The van der Waals surface area contributed by atoms with Gasteiger partial charge in [0.1, 0.15) is 5.82 Å². The van der Waals surface area contributed by atoms with Crippen molar-refractivity contribution < 1.29 is 22.1 Å². The zero-order valence-electron chi connectivity index (χ0n) is 15.5. The molecule has 1 aliphatic rings. The molecule has 3 aromatic rings. The maximum Gasteiger partial charge on any atom is 0.416 e. The van der Waals surface area contributed by atoms with Crippen molar-refractivity contribution in [2.75, 3.05) is 13.1 Å². The number of benzene rings is 2. The van der Waals surface area contributed by atoms with E-state index in [-0.39, 0.29) is 23.8 Å². The summed E-state index contributed by atoms with van der Waals surface area (Å²) in [6.07, 6.45) is -2.72. The predicted molar refractivity (Wildman–Crippen MR) is 98.4 cm³/mol. The summed E-state index contributed by atoms with van der Waals surface area (Å²) in [5.41, 5.74) is 0.310. The van der Waals surface area contributed by atoms with Crippen LogP contribution in [-0.4, -0.2) is 28.1 Å². The number of nitrogens with zero attached hydrogens (tertiary/aromatic N) is 3. The summed E-state index contributed by atoms with van der Waals surface area (Å²) in [4.78, 5) is 6.41. The van der Waals surface area contributed by atoms with E-state index >= 15 is 0 Å². The molecular formula is C21H19F4N3O. The van der Waals surface area contributed by atoms with Crippen molar-refractivity contribution in [3.8, 4) is 11.4 Å². The molecule has 0 spiro atoms. The van der Waals surface area contributed by atoms with Crippen molar-refractivity contribution in [1.29, 1.82) is 0 Å². The topological polar surface area (TPSA) is 42.2 Å². The van der Waals surface area contributed by atoms with Crippen LogP contribution in [0.1, 0.15) is 35.8 Å². The quantitative estimate of drug-likeness (QED) is 0.555. The molecule has 1 aliphatic heterocycles. The average Bonchev–Trinajstić information content (AvgIpc) is 3.19. The highest BCUT2D eigenvalue weighted by atomic mass is 19.4. The fourth-order valence-corrected chi connectivity index (χ4v) is 3.69. The van der Waals surface area contributed by atoms with Gasteiger partial charge in [-0.3, -0.25) is 4.90 Å². The van der Waals surface area contributed by atoms with Crippen LogP contribution in [0.25, 0.3) is 11.4 Å². The van der Waals surface area contributed by atoms with Gasteiger partial charge in [0.2, 0.25) is 11.7 Å². The summed E-state index contributed by atoms with van der Waals surface area (Å²) < 4.78 is 58.3. The lowest BCUT2D eigenvalue weighted by Gasteiger charge is -2.31. The van der Waals surface area contributed by atoms with Crippen LogP contribution in [0.4, 0.5) is 17.6 Å². The van der Waals surface area contributed by atoms with E-state index in [0.717, 1.165) is 18.9 Å². The summed E-state index contributed by atoms with van der Waals surface area (Å²) in [6.45, 7) is 1.46. The van der Waals surface area contributed by atoms with E-state index in [4.69, 9.17) is 4.52 Å². The molecule has 0 N–H and O–H groups in total. The number of rotatable bonds is 4. The van der Waals surface area contributed by atoms with Gasteiger partial charge in [0.25, 0.3) is 0 Å². The van der Waals surface area contributed by atoms with Gasteiger partial charge in [-0.15, -0.1) is 0 Å². The van der Waals surface area contributed by atoms with E-state index in [1.165, 1.54) is 24.3 Å². The molecule has 4 nitrogen and oxygen atoms in total. The SMILES string of the molecule is Fc1ccc(-c2noc(C3CCCN(Cc4ccccc4C(F)(F)F)C3)n2)cc1. The Morgan fingerprint density at radius 1 is 1.07 bits per heavy atom. The molecule has 1 aromatic heterocycles. The van der Waals surface area contributed by atoms with Crippen LogP contribution >= 0.6 is 0 Å². The van der Waals surface area contributed by atoms with E-state index in [2.05, 4.69) is 10.1 Å². The second-order valence-electron chi connectivity index (χ2n) is 7.19. The summed E-state index contributed by atoms with van der Waals surface area (Å²) in [5.74, 6) is 0.431. The van der Waals surface area contributed by atoms with Gasteiger partial charge in [0.05, 0.1) is 11.5 Å². The maximum atomic E-state index is 13.3. The van der Waals surface area contributed by atoms with Crippen LogP contribution in [0.5, 0.6) is 0 Å². The molecular weight excluding hydrogens is 386 g/mol. The fraction of sp³-hybridized carbons (Fsp3) is 0.333. The normalized spacial score (nSPS) is 18.1. The predicted octanol–water partition coefficient (Wildman–Crippen LogP) is 5.27. The van der Waals surface area contributed by atoms with Crippen LogP contribution < -0.4 is 0 Å². The summed E-state index contributed by atoms with van der Waals surface area (Å²) in [7, 11) is 0. The molecule has 0 radical (unpaired) electrons. The Morgan fingerprint density at radius 3 is 2.59 bits per heavy atom. The number of halogens is 4. The highest BCUT2D eigenvalue weighted by Gasteiger charge is 2.34. The number of alkyl halides is 3. The largest absolute Gasteiger partial charge is 0.416 e. The minimum absolute atomic E-state index is 0.0523. The molecule has 0 bridgehead atoms. The van der Waals surface area contributed by atoms with E-state index in [1.807, 2.05) is 4.90 Å². The van der Waals surface area contributed by atoms with E-state index < -0.39 is 11.7 Å². The van der Waals surface area contributed by atoms with Gasteiger partial charge in [-0.1, -0.05) is 23.4 Å². The first-order valence-electron chi connectivity index (χ1n) is 9.37. The Hall–Kier alpha value is -2.74. The van der Waals surface area contributed by atoms with Crippen molar-refractivity contribution >= 4 is 0 Å². The Bertz CT molecular complexity index is 969. The first-order chi connectivity index (χ1) is 13.9. The van der Waals surface area contributed by atoms with Crippen LogP contribution in [-0.2, 0) is 12.7 Å². The fourth-order valence-electron chi connectivity index (χ4n) is 3.69. The van der Waals surface area contributed by atoms with Crippen molar-refractivity contribution in [3.63, 3.8) is 0 Å². The molecule has 0 aliphatic carbocycles. The minimum Gasteiger partial charge on any atom is -0.339 e. The molecule has 4 rings (SSSR count). The molecule has 0 amide bonds. The third-order valence-corrected chi connectivity index (χ3v) is 5.12. The first-order valence-corrected chi connectivity index (χ1v) is 9.37. The van der Waals surface area contributed by atoms with Gasteiger partial charge in [0.15, 0.2) is 0 Å². The summed E-state index contributed by atoms with van der Waals surface area (Å²) in [6, 6.07) is 11.5. The van der Waals surface area contributed by atoms with E-state index in [9.17, 15) is 17.6 Å². The lowest BCUT2D eigenvalue weighted by molar-refractivity contribution is -0.138. The minimum atomic E-state index is -4.37. The molecule has 1 saturated heterocycles. The van der Waals surface area contributed by atoms with Gasteiger partial charge in [-0.05, 0) is 55.3 Å². The number of hydrogen-bond donors (Lipinski definition) is 0. The Morgan fingerprint density at radius 2 is 1.83 bits per heavy atom. The van der Waals surface area contributed by atoms with E-state index in [0.29, 0.717) is 30.4 Å². The number of aromatic nitrogens is 2. The third-order valence-electron chi connectivity index (χ3n) is 5.12. The van der Waals surface area contributed by atoms with Crippen LogP contribution in [0.15, 0.2) is 53.1 Å². The van der Waals surface area contributed by atoms with Gasteiger partial charge in [0, 0.05) is 18.7 Å². The number of piperidine rings is 1. The second kappa shape index (κ2) is 7.94.